The summed E-state index contributed by atoms with van der Waals surface area (Å²) >= 11 is 0. The number of benzene rings is 1. The number of rotatable bonds is 5. The molecule has 0 aromatic heterocycles. The highest BCUT2D eigenvalue weighted by Crippen LogP contribution is 2.16. The van der Waals surface area contributed by atoms with E-state index in [9.17, 15) is 4.79 Å². The van der Waals surface area contributed by atoms with Crippen LogP contribution in [0.1, 0.15) is 35.1 Å². The molecular formula is C13H23N3O. The van der Waals surface area contributed by atoms with Crippen molar-refractivity contribution in [1.29, 1.82) is 5.41 Å². The van der Waals surface area contributed by atoms with Crippen LogP contribution in [0, 0.1) is 11.3 Å². The van der Waals surface area contributed by atoms with Gasteiger partial charge < -0.3 is 16.5 Å². The fourth-order valence-corrected chi connectivity index (χ4v) is 1.42. The van der Waals surface area contributed by atoms with Gasteiger partial charge in [-0.2, -0.15) is 0 Å². The maximum absolute atomic E-state index is 11.6. The van der Waals surface area contributed by atoms with E-state index in [0.717, 1.165) is 6.42 Å². The Kier molecular flexibility index (Phi) is 4.69. The molecule has 0 aliphatic carbocycles. The zero-order valence-electron chi connectivity index (χ0n) is 10.3. The average molecular weight is 237 g/mol. The summed E-state index contributed by atoms with van der Waals surface area (Å²) < 4.78 is 0. The van der Waals surface area contributed by atoms with E-state index in [1.165, 1.54) is 6.21 Å². The Hall–Kier alpha value is -1.84. The molecular weight excluding hydrogens is 214 g/mol. The van der Waals surface area contributed by atoms with Crippen LogP contribution in [0.15, 0.2) is 18.2 Å². The van der Waals surface area contributed by atoms with Gasteiger partial charge in [0.05, 0.1) is 0 Å². The van der Waals surface area contributed by atoms with E-state index >= 15 is 0 Å². The number of anilines is 2. The second-order valence-electron chi connectivity index (χ2n) is 4.47. The summed E-state index contributed by atoms with van der Waals surface area (Å²) in [6, 6.07) is 5.14. The number of nitrogen functional groups attached to an aromatic ring is 1. The van der Waals surface area contributed by atoms with Crippen molar-refractivity contribution in [3.63, 3.8) is 0 Å². The van der Waals surface area contributed by atoms with E-state index < -0.39 is 0 Å². The minimum Gasteiger partial charge on any atom is -0.398 e. The first kappa shape index (κ1) is 13.2. The molecule has 1 rings (SSSR count). The van der Waals surface area contributed by atoms with Gasteiger partial charge in [-0.15, -0.1) is 0 Å². The highest BCUT2D eigenvalue weighted by atomic mass is 16.1. The molecule has 1 aromatic carbocycles. The van der Waals surface area contributed by atoms with Crippen LogP contribution in [0.4, 0.5) is 11.4 Å². The van der Waals surface area contributed by atoms with Gasteiger partial charge in [0.15, 0.2) is 0 Å². The summed E-state index contributed by atoms with van der Waals surface area (Å²) in [5.74, 6) is 0.517. The van der Waals surface area contributed by atoms with Crippen LogP contribution in [0.25, 0.3) is 0 Å². The summed E-state index contributed by atoms with van der Waals surface area (Å²) in [6.07, 6.45) is 2.57. The average Bonchev–Trinajstić information content (AvgIpc) is 2.29. The number of hydrogen-bond acceptors (Lipinski definition) is 3. The van der Waals surface area contributed by atoms with Gasteiger partial charge in [-0.3, -0.25) is 4.79 Å². The van der Waals surface area contributed by atoms with E-state index in [-0.39, 0.29) is 8.76 Å². The van der Waals surface area contributed by atoms with Crippen LogP contribution in [0.2, 0.25) is 0 Å². The quantitative estimate of drug-likeness (QED) is 0.543. The predicted octanol–water partition coefficient (Wildman–Crippen LogP) is 3.13. The maximum atomic E-state index is 11.6. The second kappa shape index (κ2) is 6.03. The first-order valence-corrected chi connectivity index (χ1v) is 5.72. The summed E-state index contributed by atoms with van der Waals surface area (Å²) in [6.45, 7) is 4.17. The van der Waals surface area contributed by atoms with Gasteiger partial charge in [-0.25, -0.2) is 0 Å². The molecule has 0 aliphatic heterocycles. The topological polar surface area (TPSA) is 79.0 Å². The lowest BCUT2D eigenvalue weighted by molar-refractivity contribution is -0.116. The van der Waals surface area contributed by atoms with Crippen molar-refractivity contribution < 1.29 is 7.65 Å². The molecule has 0 saturated heterocycles. The van der Waals surface area contributed by atoms with Gasteiger partial charge >= 0.3 is 0 Å². The Balaban J connectivity index is 0. The van der Waals surface area contributed by atoms with Crippen LogP contribution in [-0.2, 0) is 4.79 Å². The van der Waals surface area contributed by atoms with Crippen LogP contribution in [-0.4, -0.2) is 12.1 Å². The molecule has 0 bridgehead atoms. The fraction of sp³-hybridized carbons (Fsp3) is 0.385. The first-order valence-electron chi connectivity index (χ1n) is 5.72. The second-order valence-corrected chi connectivity index (χ2v) is 4.47. The molecule has 0 saturated carbocycles. The normalized spacial score (nSPS) is 10.3. The minimum absolute atomic E-state index is 0. The molecule has 4 nitrogen and oxygen atoms in total. The van der Waals surface area contributed by atoms with Crippen molar-refractivity contribution in [1.82, 2.24) is 0 Å². The maximum Gasteiger partial charge on any atom is 0.224 e. The smallest absolute Gasteiger partial charge is 0.224 e. The Bertz CT molecular complexity index is 422. The highest BCUT2D eigenvalue weighted by molar-refractivity contribution is 5.93. The zero-order chi connectivity index (χ0) is 12.8. The Morgan fingerprint density at radius 1 is 1.59 bits per heavy atom. The molecule has 0 spiro atoms. The van der Waals surface area contributed by atoms with E-state index in [1.807, 2.05) is 0 Å². The minimum atomic E-state index is -0.000554. The lowest BCUT2D eigenvalue weighted by Crippen LogP contribution is -2.12. The van der Waals surface area contributed by atoms with Crippen molar-refractivity contribution in [2.45, 2.75) is 26.7 Å². The van der Waals surface area contributed by atoms with Gasteiger partial charge in [-0.05, 0) is 30.5 Å². The van der Waals surface area contributed by atoms with Crippen LogP contribution >= 0.6 is 0 Å². The van der Waals surface area contributed by atoms with Gasteiger partial charge in [0.1, 0.15) is 0 Å². The monoisotopic (exact) mass is 237 g/mol. The summed E-state index contributed by atoms with van der Waals surface area (Å²) in [4.78, 5) is 11.6. The lowest BCUT2D eigenvalue weighted by Gasteiger charge is -2.08. The molecule has 0 fully saturated rings. The van der Waals surface area contributed by atoms with Crippen LogP contribution in [0.3, 0.4) is 0 Å². The largest absolute Gasteiger partial charge is 0.398 e. The van der Waals surface area contributed by atoms with Crippen molar-refractivity contribution in [2.24, 2.45) is 5.92 Å². The predicted molar refractivity (Wildman–Crippen MR) is 75.7 cm³/mol. The molecule has 0 radical (unpaired) electrons. The van der Waals surface area contributed by atoms with Gasteiger partial charge in [0.2, 0.25) is 5.91 Å². The number of carbonyl (C=O) groups excluding carboxylic acids is 1. The van der Waals surface area contributed by atoms with E-state index in [1.54, 1.807) is 18.2 Å². The van der Waals surface area contributed by atoms with Gasteiger partial charge in [0.25, 0.3) is 0 Å². The molecule has 4 heteroatoms. The van der Waals surface area contributed by atoms with Crippen LogP contribution < -0.4 is 11.1 Å². The van der Waals surface area contributed by atoms with Gasteiger partial charge in [-0.1, -0.05) is 13.8 Å². The van der Waals surface area contributed by atoms with Crippen molar-refractivity contribution in [3.8, 4) is 0 Å². The number of hydrogen-bond donors (Lipinski definition) is 3. The Morgan fingerprint density at radius 3 is 2.88 bits per heavy atom. The molecule has 0 heterocycles. The third-order valence-corrected chi connectivity index (χ3v) is 2.47. The molecule has 0 aliphatic rings. The highest BCUT2D eigenvalue weighted by Gasteiger charge is 2.05. The van der Waals surface area contributed by atoms with Crippen molar-refractivity contribution >= 4 is 23.5 Å². The third-order valence-electron chi connectivity index (χ3n) is 2.47. The fourth-order valence-electron chi connectivity index (χ4n) is 1.42. The summed E-state index contributed by atoms with van der Waals surface area (Å²) in [5, 5.41) is 9.98. The molecule has 1 aromatic rings. The third kappa shape index (κ3) is 4.26. The molecule has 1 amide bonds. The molecule has 0 atom stereocenters. The Morgan fingerprint density at radius 2 is 2.29 bits per heavy atom. The van der Waals surface area contributed by atoms with Crippen molar-refractivity contribution in [2.75, 3.05) is 11.1 Å². The molecule has 17 heavy (non-hydrogen) atoms. The number of nitrogens with one attached hydrogen (secondary N) is 2. The molecule has 96 valence electrons. The molecule has 0 unspecified atom stereocenters. The zero-order valence-corrected chi connectivity index (χ0v) is 10.3. The van der Waals surface area contributed by atoms with Crippen molar-refractivity contribution in [3.05, 3.63) is 23.8 Å². The number of carbonyl (C=O) groups is 1. The Labute approximate surface area is 105 Å². The van der Waals surface area contributed by atoms with E-state index in [0.29, 0.717) is 29.3 Å². The van der Waals surface area contributed by atoms with Crippen LogP contribution in [0.5, 0.6) is 0 Å². The summed E-state index contributed by atoms with van der Waals surface area (Å²) in [7, 11) is 0. The van der Waals surface area contributed by atoms with E-state index in [2.05, 4.69) is 19.2 Å². The SMILES string of the molecule is CC(C)CCC(=O)Nc1ccc(N)c(C=N)c1.[HH].[HH]. The number of amides is 1. The summed E-state index contributed by atoms with van der Waals surface area (Å²) in [5.41, 5.74) is 7.51. The number of nitrogens with two attached hydrogens (primary N) is 1. The lowest BCUT2D eigenvalue weighted by atomic mass is 10.1. The van der Waals surface area contributed by atoms with E-state index in [4.69, 9.17) is 11.1 Å². The molecule has 4 N–H and O–H groups in total. The van der Waals surface area contributed by atoms with Gasteiger partial charge in [0, 0.05) is 32.4 Å². The first-order chi connectivity index (χ1) is 8.02. The standard InChI is InChI=1S/C13H19N3O.2H2/c1-9(2)3-6-13(17)16-11-4-5-12(15)10(7-11)8-14;;/h4-5,7-9,14H,3,6,15H2,1-2H3,(H,16,17);2*1H.